The summed E-state index contributed by atoms with van der Waals surface area (Å²) in [6.45, 7) is 4.13. The van der Waals surface area contributed by atoms with Gasteiger partial charge in [0.25, 0.3) is 5.91 Å². The smallest absolute Gasteiger partial charge is 0.253 e. The molecule has 1 unspecified atom stereocenters. The molecule has 1 aromatic carbocycles. The summed E-state index contributed by atoms with van der Waals surface area (Å²) in [5.74, 6) is -0.169. The number of rotatable bonds is 5. The Morgan fingerprint density at radius 1 is 1.39 bits per heavy atom. The molecule has 0 heterocycles. The number of methoxy groups -OCH3 is 1. The molecule has 0 aliphatic heterocycles. The quantitative estimate of drug-likeness (QED) is 0.857. The predicted octanol–water partition coefficient (Wildman–Crippen LogP) is 1.65. The minimum Gasteiger partial charge on any atom is -0.367 e. The Balaban J connectivity index is 0.00000289. The molecule has 0 radical (unpaired) electrons. The highest BCUT2D eigenvalue weighted by Gasteiger charge is 2.21. The molecule has 0 spiro atoms. The lowest BCUT2D eigenvalue weighted by Crippen LogP contribution is -2.46. The Hall–Kier alpha value is -1.10. The zero-order chi connectivity index (χ0) is 12.9. The number of nitrogens with one attached hydrogen (secondary N) is 1. The van der Waals surface area contributed by atoms with Gasteiger partial charge in [0.05, 0.1) is 0 Å². The van der Waals surface area contributed by atoms with E-state index in [-0.39, 0.29) is 18.3 Å². The second-order valence-corrected chi connectivity index (χ2v) is 4.73. The molecule has 0 aliphatic rings. The van der Waals surface area contributed by atoms with Crippen molar-refractivity contribution in [1.29, 1.82) is 0 Å². The molecular weight excluding hydrogens is 252 g/mol. The van der Waals surface area contributed by atoms with Gasteiger partial charge >= 0.3 is 0 Å². The van der Waals surface area contributed by atoms with Gasteiger partial charge in [0.1, 0.15) is 0 Å². The van der Waals surface area contributed by atoms with E-state index in [1.165, 1.54) is 7.11 Å². The SMILES string of the molecule is COC(C(=O)NCC(C)(C)N)c1ccccc1.Cl. The molecule has 1 rings (SSSR count). The normalized spacial score (nSPS) is 12.4. The first-order chi connectivity index (χ1) is 7.94. The summed E-state index contributed by atoms with van der Waals surface area (Å²) >= 11 is 0. The molecule has 1 aromatic rings. The lowest BCUT2D eigenvalue weighted by atomic mass is 10.1. The molecule has 0 bridgehead atoms. The van der Waals surface area contributed by atoms with Crippen LogP contribution >= 0.6 is 12.4 Å². The number of carbonyl (C=O) groups is 1. The topological polar surface area (TPSA) is 64.3 Å². The summed E-state index contributed by atoms with van der Waals surface area (Å²) < 4.78 is 5.21. The van der Waals surface area contributed by atoms with Gasteiger partial charge in [-0.25, -0.2) is 0 Å². The van der Waals surface area contributed by atoms with Gasteiger partial charge in [-0.3, -0.25) is 4.79 Å². The Morgan fingerprint density at radius 2 is 1.94 bits per heavy atom. The van der Waals surface area contributed by atoms with Gasteiger partial charge in [-0.05, 0) is 19.4 Å². The molecule has 1 amide bonds. The number of hydrogen-bond acceptors (Lipinski definition) is 3. The van der Waals surface area contributed by atoms with Gasteiger partial charge in [0.2, 0.25) is 0 Å². The molecular formula is C13H21ClN2O2. The maximum atomic E-state index is 11.9. The van der Waals surface area contributed by atoms with Crippen molar-refractivity contribution in [3.63, 3.8) is 0 Å². The zero-order valence-corrected chi connectivity index (χ0v) is 11.8. The second kappa shape index (κ2) is 7.36. The van der Waals surface area contributed by atoms with Crippen LogP contribution in [0.5, 0.6) is 0 Å². The Labute approximate surface area is 114 Å². The summed E-state index contributed by atoms with van der Waals surface area (Å²) in [5, 5.41) is 2.78. The van der Waals surface area contributed by atoms with Crippen LogP contribution in [0.2, 0.25) is 0 Å². The van der Waals surface area contributed by atoms with Crippen LogP contribution in [0.4, 0.5) is 0 Å². The standard InChI is InChI=1S/C13H20N2O2.ClH/c1-13(2,14)9-15-12(16)11(17-3)10-7-5-4-6-8-10;/h4-8,11H,9,14H2,1-3H3,(H,15,16);1H. The molecule has 0 aromatic heterocycles. The average molecular weight is 273 g/mol. The van der Waals surface area contributed by atoms with Crippen molar-refractivity contribution in [2.24, 2.45) is 5.73 Å². The third-order valence-electron chi connectivity index (χ3n) is 2.29. The molecule has 0 saturated heterocycles. The number of ether oxygens (including phenoxy) is 1. The van der Waals surface area contributed by atoms with Crippen molar-refractivity contribution in [1.82, 2.24) is 5.32 Å². The third-order valence-corrected chi connectivity index (χ3v) is 2.29. The molecule has 1 atom stereocenters. The van der Waals surface area contributed by atoms with Gasteiger partial charge < -0.3 is 15.8 Å². The van der Waals surface area contributed by atoms with E-state index in [2.05, 4.69) is 5.32 Å². The van der Waals surface area contributed by atoms with E-state index in [0.717, 1.165) is 5.56 Å². The molecule has 4 nitrogen and oxygen atoms in total. The van der Waals surface area contributed by atoms with E-state index in [1.807, 2.05) is 44.2 Å². The van der Waals surface area contributed by atoms with E-state index < -0.39 is 11.6 Å². The summed E-state index contributed by atoms with van der Waals surface area (Å²) in [6.07, 6.45) is -0.585. The number of hydrogen-bond donors (Lipinski definition) is 2. The van der Waals surface area contributed by atoms with Gasteiger partial charge in [0.15, 0.2) is 6.10 Å². The van der Waals surface area contributed by atoms with E-state index in [4.69, 9.17) is 10.5 Å². The van der Waals surface area contributed by atoms with E-state index in [9.17, 15) is 4.79 Å². The minimum absolute atomic E-state index is 0. The fourth-order valence-electron chi connectivity index (χ4n) is 1.43. The fraction of sp³-hybridized carbons (Fsp3) is 0.462. The predicted molar refractivity (Wildman–Crippen MR) is 74.7 cm³/mol. The van der Waals surface area contributed by atoms with Crippen molar-refractivity contribution >= 4 is 18.3 Å². The largest absolute Gasteiger partial charge is 0.367 e. The number of amides is 1. The van der Waals surface area contributed by atoms with Crippen LogP contribution in [-0.4, -0.2) is 25.1 Å². The van der Waals surface area contributed by atoms with Gasteiger partial charge in [0, 0.05) is 19.2 Å². The maximum Gasteiger partial charge on any atom is 0.253 e. The van der Waals surface area contributed by atoms with Crippen molar-refractivity contribution in [3.05, 3.63) is 35.9 Å². The number of benzene rings is 1. The van der Waals surface area contributed by atoms with Crippen LogP contribution in [0.1, 0.15) is 25.5 Å². The maximum absolute atomic E-state index is 11.9. The molecule has 102 valence electrons. The first-order valence-corrected chi connectivity index (χ1v) is 5.58. The van der Waals surface area contributed by atoms with Crippen LogP contribution in [0.25, 0.3) is 0 Å². The average Bonchev–Trinajstić information content (AvgIpc) is 2.28. The first kappa shape index (κ1) is 16.9. The molecule has 0 aliphatic carbocycles. The summed E-state index contributed by atoms with van der Waals surface area (Å²) in [6, 6.07) is 9.38. The lowest BCUT2D eigenvalue weighted by Gasteiger charge is -2.21. The highest BCUT2D eigenvalue weighted by molar-refractivity contribution is 5.85. The fourth-order valence-corrected chi connectivity index (χ4v) is 1.43. The van der Waals surface area contributed by atoms with Gasteiger partial charge in [-0.2, -0.15) is 0 Å². The Morgan fingerprint density at radius 3 is 2.39 bits per heavy atom. The third kappa shape index (κ3) is 5.49. The molecule has 0 saturated carbocycles. The van der Waals surface area contributed by atoms with Crippen molar-refractivity contribution < 1.29 is 9.53 Å². The van der Waals surface area contributed by atoms with E-state index >= 15 is 0 Å². The zero-order valence-electron chi connectivity index (χ0n) is 11.0. The lowest BCUT2D eigenvalue weighted by molar-refractivity contribution is -0.131. The summed E-state index contributed by atoms with van der Waals surface area (Å²) in [7, 11) is 1.52. The Bertz CT molecular complexity index is 363. The number of carbonyl (C=O) groups excluding carboxylic acids is 1. The van der Waals surface area contributed by atoms with Crippen LogP contribution in [0.15, 0.2) is 30.3 Å². The van der Waals surface area contributed by atoms with E-state index in [0.29, 0.717) is 6.54 Å². The first-order valence-electron chi connectivity index (χ1n) is 5.58. The molecule has 3 N–H and O–H groups in total. The minimum atomic E-state index is -0.585. The summed E-state index contributed by atoms with van der Waals surface area (Å²) in [4.78, 5) is 11.9. The molecule has 0 fully saturated rings. The summed E-state index contributed by atoms with van der Waals surface area (Å²) in [5.41, 5.74) is 6.22. The molecule has 5 heteroatoms. The van der Waals surface area contributed by atoms with Crippen LogP contribution in [0.3, 0.4) is 0 Å². The highest BCUT2D eigenvalue weighted by atomic mass is 35.5. The second-order valence-electron chi connectivity index (χ2n) is 4.73. The number of halogens is 1. The van der Waals surface area contributed by atoms with E-state index in [1.54, 1.807) is 0 Å². The van der Waals surface area contributed by atoms with Crippen molar-refractivity contribution in [2.75, 3.05) is 13.7 Å². The highest BCUT2D eigenvalue weighted by Crippen LogP contribution is 2.16. The van der Waals surface area contributed by atoms with Crippen LogP contribution in [0, 0.1) is 0 Å². The van der Waals surface area contributed by atoms with Crippen LogP contribution < -0.4 is 11.1 Å². The molecule has 18 heavy (non-hydrogen) atoms. The van der Waals surface area contributed by atoms with Crippen LogP contribution in [-0.2, 0) is 9.53 Å². The van der Waals surface area contributed by atoms with Crippen molar-refractivity contribution in [3.8, 4) is 0 Å². The van der Waals surface area contributed by atoms with Gasteiger partial charge in [-0.15, -0.1) is 12.4 Å². The Kier molecular flexibility index (Phi) is 6.91. The van der Waals surface area contributed by atoms with Gasteiger partial charge in [-0.1, -0.05) is 30.3 Å². The monoisotopic (exact) mass is 272 g/mol. The van der Waals surface area contributed by atoms with Crippen molar-refractivity contribution in [2.45, 2.75) is 25.5 Å². The number of nitrogens with two attached hydrogens (primary N) is 1.